The van der Waals surface area contributed by atoms with Gasteiger partial charge >= 0.3 is 0 Å². The first-order valence-corrected chi connectivity index (χ1v) is 8.45. The fraction of sp³-hybridized carbons (Fsp3) is 0.933. The first-order valence-electron chi connectivity index (χ1n) is 8.45. The number of aliphatic imine (C=N–C) groups is 1. The number of ether oxygens (including phenoxy) is 1. The zero-order chi connectivity index (χ0) is 14.5. The van der Waals surface area contributed by atoms with Gasteiger partial charge in [0.15, 0.2) is 5.96 Å². The van der Waals surface area contributed by atoms with Crippen molar-refractivity contribution < 1.29 is 4.74 Å². The van der Waals surface area contributed by atoms with Crippen LogP contribution in [0.3, 0.4) is 0 Å². The maximum absolute atomic E-state index is 5.66. The Hall–Kier alpha value is -0.850. The lowest BCUT2D eigenvalue weighted by Crippen LogP contribution is -2.62. The number of nitrogens with one attached hydrogen (secondary N) is 2. The van der Waals surface area contributed by atoms with Gasteiger partial charge in [-0.15, -0.1) is 0 Å². The van der Waals surface area contributed by atoms with Gasteiger partial charge in [0.05, 0.1) is 12.6 Å². The molecule has 0 aromatic carbocycles. The van der Waals surface area contributed by atoms with Gasteiger partial charge in [-0.3, -0.25) is 14.8 Å². The topological polar surface area (TPSA) is 52.1 Å². The minimum atomic E-state index is 0.356. The standard InChI is InChI=1S/C15H29N5O/c1-2-16-15(18-11-14-4-3-9-21-14)17-10-13-12-19-5-7-20(13)8-6-19/h13-14H,2-12H2,1H3,(H2,16,17,18). The number of rotatable bonds is 5. The molecule has 0 aromatic heterocycles. The summed E-state index contributed by atoms with van der Waals surface area (Å²) in [5, 5.41) is 6.77. The quantitative estimate of drug-likeness (QED) is 0.540. The summed E-state index contributed by atoms with van der Waals surface area (Å²) in [6.45, 7) is 11.7. The normalized spacial score (nSPS) is 36.0. The van der Waals surface area contributed by atoms with Gasteiger partial charge in [0.25, 0.3) is 0 Å². The average molecular weight is 295 g/mol. The Morgan fingerprint density at radius 1 is 1.24 bits per heavy atom. The van der Waals surface area contributed by atoms with Gasteiger partial charge in [-0.25, -0.2) is 0 Å². The molecule has 2 N–H and O–H groups in total. The minimum Gasteiger partial charge on any atom is -0.376 e. The smallest absolute Gasteiger partial charge is 0.191 e. The van der Waals surface area contributed by atoms with Crippen LogP contribution in [0.25, 0.3) is 0 Å². The molecule has 4 heterocycles. The number of fused-ring (bicyclic) bond motifs is 3. The minimum absolute atomic E-state index is 0.356. The zero-order valence-corrected chi connectivity index (χ0v) is 13.2. The summed E-state index contributed by atoms with van der Waals surface area (Å²) >= 11 is 0. The van der Waals surface area contributed by atoms with Gasteiger partial charge in [-0.1, -0.05) is 0 Å². The highest BCUT2D eigenvalue weighted by molar-refractivity contribution is 5.79. The molecule has 4 aliphatic heterocycles. The Bertz CT molecular complexity index is 348. The predicted molar refractivity (Wildman–Crippen MR) is 84.8 cm³/mol. The molecule has 2 bridgehead atoms. The van der Waals surface area contributed by atoms with E-state index >= 15 is 0 Å². The maximum atomic E-state index is 5.66. The molecule has 0 amide bonds. The van der Waals surface area contributed by atoms with Crippen LogP contribution in [0, 0.1) is 0 Å². The van der Waals surface area contributed by atoms with Gasteiger partial charge in [0.2, 0.25) is 0 Å². The van der Waals surface area contributed by atoms with Gasteiger partial charge < -0.3 is 15.4 Å². The summed E-state index contributed by atoms with van der Waals surface area (Å²) in [7, 11) is 0. The lowest BCUT2D eigenvalue weighted by Gasteiger charge is -2.47. The predicted octanol–water partition coefficient (Wildman–Crippen LogP) is -0.280. The molecular formula is C15H29N5O. The number of piperazine rings is 3. The number of nitrogens with zero attached hydrogens (tertiary/aromatic N) is 3. The van der Waals surface area contributed by atoms with Crippen LogP contribution in [0.4, 0.5) is 0 Å². The van der Waals surface area contributed by atoms with Crippen molar-refractivity contribution in [3.63, 3.8) is 0 Å². The fourth-order valence-corrected chi connectivity index (χ4v) is 3.45. The van der Waals surface area contributed by atoms with Crippen molar-refractivity contribution in [2.75, 3.05) is 59.0 Å². The molecule has 0 radical (unpaired) electrons. The Labute approximate surface area is 127 Å². The third-order valence-corrected chi connectivity index (χ3v) is 4.72. The van der Waals surface area contributed by atoms with Crippen molar-refractivity contribution in [1.29, 1.82) is 0 Å². The van der Waals surface area contributed by atoms with Crippen molar-refractivity contribution in [1.82, 2.24) is 20.4 Å². The molecule has 0 aliphatic carbocycles. The third kappa shape index (κ3) is 4.08. The molecule has 0 aromatic rings. The molecule has 2 atom stereocenters. The van der Waals surface area contributed by atoms with E-state index in [2.05, 4.69) is 27.4 Å². The van der Waals surface area contributed by atoms with E-state index in [1.165, 1.54) is 39.1 Å². The summed E-state index contributed by atoms with van der Waals surface area (Å²) in [6.07, 6.45) is 2.71. The largest absolute Gasteiger partial charge is 0.376 e. The molecule has 4 fully saturated rings. The SMILES string of the molecule is CCNC(=NCC1CN2CCN1CC2)NCC1CCCO1. The van der Waals surface area contributed by atoms with E-state index in [0.717, 1.165) is 38.6 Å². The van der Waals surface area contributed by atoms with Crippen LogP contribution < -0.4 is 10.6 Å². The summed E-state index contributed by atoms with van der Waals surface area (Å²) in [5.41, 5.74) is 0. The van der Waals surface area contributed by atoms with E-state index < -0.39 is 0 Å². The number of hydrogen-bond acceptors (Lipinski definition) is 4. The summed E-state index contributed by atoms with van der Waals surface area (Å²) < 4.78 is 5.66. The molecule has 120 valence electrons. The van der Waals surface area contributed by atoms with Gasteiger partial charge in [0.1, 0.15) is 0 Å². The maximum Gasteiger partial charge on any atom is 0.191 e. The van der Waals surface area contributed by atoms with Crippen LogP contribution in [0.2, 0.25) is 0 Å². The van der Waals surface area contributed by atoms with Crippen LogP contribution in [-0.2, 0) is 4.74 Å². The van der Waals surface area contributed by atoms with Crippen LogP contribution in [-0.4, -0.2) is 86.9 Å². The number of hydrogen-bond donors (Lipinski definition) is 2. The van der Waals surface area contributed by atoms with E-state index in [1.807, 2.05) is 0 Å². The van der Waals surface area contributed by atoms with Gasteiger partial charge in [-0.2, -0.15) is 0 Å². The highest BCUT2D eigenvalue weighted by Gasteiger charge is 2.31. The molecule has 4 saturated heterocycles. The van der Waals surface area contributed by atoms with E-state index in [-0.39, 0.29) is 0 Å². The first kappa shape index (κ1) is 15.1. The highest BCUT2D eigenvalue weighted by atomic mass is 16.5. The van der Waals surface area contributed by atoms with Crippen molar-refractivity contribution >= 4 is 5.96 Å². The molecule has 2 unspecified atom stereocenters. The third-order valence-electron chi connectivity index (χ3n) is 4.72. The first-order chi connectivity index (χ1) is 10.3. The molecule has 6 heteroatoms. The van der Waals surface area contributed by atoms with Crippen LogP contribution in [0.15, 0.2) is 4.99 Å². The van der Waals surface area contributed by atoms with E-state index in [9.17, 15) is 0 Å². The van der Waals surface area contributed by atoms with Crippen molar-refractivity contribution in [3.8, 4) is 0 Å². The van der Waals surface area contributed by atoms with E-state index in [4.69, 9.17) is 9.73 Å². The molecule has 21 heavy (non-hydrogen) atoms. The Morgan fingerprint density at radius 3 is 2.71 bits per heavy atom. The summed E-state index contributed by atoms with van der Waals surface area (Å²) in [6, 6.07) is 0.589. The molecule has 4 rings (SSSR count). The van der Waals surface area contributed by atoms with Crippen molar-refractivity contribution in [2.45, 2.75) is 31.9 Å². The van der Waals surface area contributed by atoms with Crippen molar-refractivity contribution in [2.24, 2.45) is 4.99 Å². The summed E-state index contributed by atoms with van der Waals surface area (Å²) in [4.78, 5) is 9.94. The highest BCUT2D eigenvalue weighted by Crippen LogP contribution is 2.15. The fourth-order valence-electron chi connectivity index (χ4n) is 3.45. The van der Waals surface area contributed by atoms with E-state index in [0.29, 0.717) is 12.1 Å². The van der Waals surface area contributed by atoms with Crippen LogP contribution in [0.1, 0.15) is 19.8 Å². The van der Waals surface area contributed by atoms with E-state index in [1.54, 1.807) is 0 Å². The zero-order valence-electron chi connectivity index (χ0n) is 13.2. The van der Waals surface area contributed by atoms with Crippen LogP contribution in [0.5, 0.6) is 0 Å². The van der Waals surface area contributed by atoms with Crippen molar-refractivity contribution in [3.05, 3.63) is 0 Å². The molecule has 0 saturated carbocycles. The second-order valence-electron chi connectivity index (χ2n) is 6.23. The Balaban J connectivity index is 1.48. The molecule has 0 spiro atoms. The van der Waals surface area contributed by atoms with Gasteiger partial charge in [0, 0.05) is 58.5 Å². The van der Waals surface area contributed by atoms with Crippen LogP contribution >= 0.6 is 0 Å². The monoisotopic (exact) mass is 295 g/mol. The van der Waals surface area contributed by atoms with Gasteiger partial charge in [-0.05, 0) is 19.8 Å². The number of guanidine groups is 1. The molecule has 6 nitrogen and oxygen atoms in total. The Morgan fingerprint density at radius 2 is 2.10 bits per heavy atom. The second kappa shape index (κ2) is 7.42. The molecule has 4 aliphatic rings. The lowest BCUT2D eigenvalue weighted by molar-refractivity contribution is 0.0174. The average Bonchev–Trinajstić information content (AvgIpc) is 3.05. The Kier molecular flexibility index (Phi) is 5.32. The second-order valence-corrected chi connectivity index (χ2v) is 6.23. The summed E-state index contributed by atoms with van der Waals surface area (Å²) in [5.74, 6) is 0.936. The lowest BCUT2D eigenvalue weighted by atomic mass is 10.1. The molecular weight excluding hydrogens is 266 g/mol.